The van der Waals surface area contributed by atoms with E-state index in [1.807, 2.05) is 5.57 Å². The molecule has 2 nitrogen and oxygen atoms in total. The van der Waals surface area contributed by atoms with E-state index in [-0.39, 0.29) is 0 Å². The molecule has 6 aliphatic rings. The minimum Gasteiger partial charge on any atom is -0.378 e. The van der Waals surface area contributed by atoms with Crippen molar-refractivity contribution >= 4 is 0 Å². The summed E-state index contributed by atoms with van der Waals surface area (Å²) >= 11 is 0. The van der Waals surface area contributed by atoms with Crippen LogP contribution in [0.2, 0.25) is 0 Å². The zero-order valence-corrected chi connectivity index (χ0v) is 19.7. The highest BCUT2D eigenvalue weighted by atomic mass is 16.5. The monoisotopic (exact) mass is 411 g/mol. The molecule has 4 aliphatic carbocycles. The fraction of sp³-hybridized carbons (Fsp3) is 0.929. The Bertz CT molecular complexity index is 672. The van der Waals surface area contributed by atoms with Gasteiger partial charge in [-0.25, -0.2) is 0 Å². The van der Waals surface area contributed by atoms with Gasteiger partial charge < -0.3 is 4.74 Å². The Morgan fingerprint density at radius 2 is 2.00 bits per heavy atom. The summed E-state index contributed by atoms with van der Waals surface area (Å²) in [7, 11) is 0. The highest BCUT2D eigenvalue weighted by Crippen LogP contribution is 2.66. The van der Waals surface area contributed by atoms with Crippen molar-refractivity contribution in [1.29, 1.82) is 0 Å². The largest absolute Gasteiger partial charge is 0.378 e. The number of hydrogen-bond acceptors (Lipinski definition) is 2. The third-order valence-corrected chi connectivity index (χ3v) is 11.1. The van der Waals surface area contributed by atoms with Crippen LogP contribution in [0.4, 0.5) is 0 Å². The number of fused-ring (bicyclic) bond motifs is 9. The molecule has 7 unspecified atom stereocenters. The van der Waals surface area contributed by atoms with Crippen molar-refractivity contribution in [1.82, 2.24) is 4.90 Å². The number of allylic oxidation sites excluding steroid dienone is 1. The van der Waals surface area contributed by atoms with Crippen LogP contribution >= 0.6 is 0 Å². The molecule has 168 valence electrons. The van der Waals surface area contributed by atoms with Crippen LogP contribution < -0.4 is 0 Å². The highest BCUT2D eigenvalue weighted by Gasteiger charge is 2.62. The van der Waals surface area contributed by atoms with E-state index in [4.69, 9.17) is 4.74 Å². The van der Waals surface area contributed by atoms with E-state index in [1.165, 1.54) is 90.0 Å². The molecule has 0 bridgehead atoms. The van der Waals surface area contributed by atoms with Gasteiger partial charge in [-0.05, 0) is 112 Å². The number of unbranched alkanes of at least 4 members (excludes halogenated alkanes) is 1. The maximum atomic E-state index is 6.25. The van der Waals surface area contributed by atoms with Crippen molar-refractivity contribution in [3.63, 3.8) is 0 Å². The zero-order valence-electron chi connectivity index (χ0n) is 19.7. The van der Waals surface area contributed by atoms with Crippen LogP contribution in [0.1, 0.15) is 97.3 Å². The van der Waals surface area contributed by atoms with Crippen LogP contribution in [0.3, 0.4) is 0 Å². The van der Waals surface area contributed by atoms with Crippen molar-refractivity contribution in [2.45, 2.75) is 116 Å². The van der Waals surface area contributed by atoms with E-state index >= 15 is 0 Å². The molecule has 3 saturated carbocycles. The van der Waals surface area contributed by atoms with Crippen LogP contribution in [0.25, 0.3) is 0 Å². The van der Waals surface area contributed by atoms with E-state index in [9.17, 15) is 0 Å². The third-order valence-electron chi connectivity index (χ3n) is 11.1. The Morgan fingerprint density at radius 3 is 2.90 bits per heavy atom. The van der Waals surface area contributed by atoms with Gasteiger partial charge in [0.15, 0.2) is 0 Å². The second-order valence-electron chi connectivity index (χ2n) is 12.3. The van der Waals surface area contributed by atoms with Gasteiger partial charge in [0.2, 0.25) is 0 Å². The van der Waals surface area contributed by atoms with E-state index in [2.05, 4.69) is 24.8 Å². The lowest BCUT2D eigenvalue weighted by Crippen LogP contribution is -2.46. The first-order valence-corrected chi connectivity index (χ1v) is 13.7. The lowest BCUT2D eigenvalue weighted by Gasteiger charge is -2.54. The van der Waals surface area contributed by atoms with E-state index in [0.717, 1.165) is 48.3 Å². The summed E-state index contributed by atoms with van der Waals surface area (Å²) < 4.78 is 6.25. The fourth-order valence-electron chi connectivity index (χ4n) is 9.69. The van der Waals surface area contributed by atoms with Crippen LogP contribution in [0.5, 0.6) is 0 Å². The van der Waals surface area contributed by atoms with Crippen molar-refractivity contribution in [3.8, 4) is 0 Å². The van der Waals surface area contributed by atoms with Gasteiger partial charge in [-0.15, -0.1) is 0 Å². The average Bonchev–Trinajstić information content (AvgIpc) is 3.28. The van der Waals surface area contributed by atoms with Crippen LogP contribution in [-0.4, -0.2) is 36.2 Å². The molecule has 2 saturated heterocycles. The van der Waals surface area contributed by atoms with Gasteiger partial charge in [-0.1, -0.05) is 38.3 Å². The number of ether oxygens (including phenoxy) is 1. The lowest BCUT2D eigenvalue weighted by molar-refractivity contribution is -0.0281. The second kappa shape index (κ2) is 7.91. The Morgan fingerprint density at radius 1 is 1.07 bits per heavy atom. The molecule has 6 rings (SSSR count). The molecule has 2 heteroatoms. The predicted molar refractivity (Wildman–Crippen MR) is 123 cm³/mol. The van der Waals surface area contributed by atoms with Gasteiger partial charge in [0.25, 0.3) is 0 Å². The summed E-state index contributed by atoms with van der Waals surface area (Å²) in [6, 6.07) is 1.89. The maximum Gasteiger partial charge on any atom is 0.0612 e. The van der Waals surface area contributed by atoms with Gasteiger partial charge in [0, 0.05) is 18.7 Å². The molecule has 2 aliphatic heterocycles. The molecular formula is C28H45NO. The molecule has 0 radical (unpaired) electrons. The molecular weight excluding hydrogens is 366 g/mol. The second-order valence-corrected chi connectivity index (χ2v) is 12.3. The van der Waals surface area contributed by atoms with Gasteiger partial charge in [0.05, 0.1) is 6.10 Å². The van der Waals surface area contributed by atoms with Crippen molar-refractivity contribution in [2.75, 3.05) is 13.2 Å². The predicted octanol–water partition coefficient (Wildman–Crippen LogP) is 6.60. The number of hydrogen-bond donors (Lipinski definition) is 0. The Hall–Kier alpha value is -0.340. The molecule has 2 heterocycles. The molecule has 9 atom stereocenters. The smallest absolute Gasteiger partial charge is 0.0612 e. The first kappa shape index (κ1) is 20.3. The summed E-state index contributed by atoms with van der Waals surface area (Å²) in [5.41, 5.74) is 2.46. The number of nitrogens with zero attached hydrogens (tertiary/aromatic N) is 1. The lowest BCUT2D eigenvalue weighted by atomic mass is 9.51. The molecule has 0 N–H and O–H groups in total. The molecule has 30 heavy (non-hydrogen) atoms. The average molecular weight is 412 g/mol. The number of rotatable bonds is 4. The van der Waals surface area contributed by atoms with Gasteiger partial charge in [-0.3, -0.25) is 4.90 Å². The van der Waals surface area contributed by atoms with Crippen LogP contribution in [0, 0.1) is 35.0 Å². The van der Waals surface area contributed by atoms with Gasteiger partial charge in [0.1, 0.15) is 0 Å². The molecule has 0 aromatic heterocycles. The minimum atomic E-state index is 0.520. The highest BCUT2D eigenvalue weighted by molar-refractivity contribution is 5.22. The Balaban J connectivity index is 1.18. The summed E-state index contributed by atoms with van der Waals surface area (Å²) in [6.45, 7) is 7.40. The third kappa shape index (κ3) is 3.10. The molecule has 0 aromatic carbocycles. The van der Waals surface area contributed by atoms with E-state index < -0.39 is 0 Å². The van der Waals surface area contributed by atoms with Crippen LogP contribution in [-0.2, 0) is 4.74 Å². The molecule has 0 spiro atoms. The quantitative estimate of drug-likeness (QED) is 0.382. The van der Waals surface area contributed by atoms with E-state index in [1.54, 1.807) is 0 Å². The SMILES string of the molecule is CCCCO[C@H]1CCC2C(=CCC3C2CC[C@@]2(C)C3CC3C2CC2CCCCN23)C1. The Labute approximate surface area is 185 Å². The van der Waals surface area contributed by atoms with Crippen molar-refractivity contribution in [3.05, 3.63) is 11.6 Å². The van der Waals surface area contributed by atoms with Gasteiger partial charge in [-0.2, -0.15) is 0 Å². The van der Waals surface area contributed by atoms with Crippen molar-refractivity contribution < 1.29 is 4.74 Å². The van der Waals surface area contributed by atoms with Crippen molar-refractivity contribution in [2.24, 2.45) is 35.0 Å². The zero-order chi connectivity index (χ0) is 20.3. The summed E-state index contributed by atoms with van der Waals surface area (Å²) in [5.74, 6) is 4.91. The Kier molecular flexibility index (Phi) is 5.35. The summed E-state index contributed by atoms with van der Waals surface area (Å²) in [4.78, 5) is 3.01. The van der Waals surface area contributed by atoms with Gasteiger partial charge >= 0.3 is 0 Å². The van der Waals surface area contributed by atoms with E-state index in [0.29, 0.717) is 11.5 Å². The number of piperidine rings is 1. The first-order valence-electron chi connectivity index (χ1n) is 13.7. The molecule has 0 amide bonds. The standard InChI is InChI=1S/C28H45NO/c1-3-4-15-30-21-9-11-22-19(16-21)8-10-24-23(22)12-13-28(2)25(24)18-27-26(28)17-20-7-5-6-14-29(20)27/h8,20-27H,3-7,9-18H2,1-2H3/t20?,21-,22?,23?,24?,25?,26?,27?,28-/m0/s1. The fourth-order valence-corrected chi connectivity index (χ4v) is 9.69. The van der Waals surface area contributed by atoms with Crippen LogP contribution in [0.15, 0.2) is 11.6 Å². The molecule has 5 fully saturated rings. The summed E-state index contributed by atoms with van der Waals surface area (Å²) in [5, 5.41) is 0. The maximum absolute atomic E-state index is 6.25. The minimum absolute atomic E-state index is 0.520. The first-order chi connectivity index (χ1) is 14.7. The molecule has 0 aromatic rings. The summed E-state index contributed by atoms with van der Waals surface area (Å²) in [6.07, 6.45) is 21.7. The normalized spacial score (nSPS) is 50.1. The topological polar surface area (TPSA) is 12.5 Å².